The minimum Gasteiger partial charge on any atom is -0.460 e. The molecule has 0 aromatic heterocycles. The fourth-order valence-electron chi connectivity index (χ4n) is 5.57. The van der Waals surface area contributed by atoms with Gasteiger partial charge in [0.25, 0.3) is 0 Å². The maximum Gasteiger partial charge on any atom is 0.315 e. The molecule has 0 radical (unpaired) electrons. The molecule has 0 aromatic rings. The SMILES string of the molecule is CCCCCCCCCCCCCCCCNC(=O)NC(CCC(=O)OC(C)(C)C)(CCC(=O)OC(C)(C)C)CCC(=O)OC(C)(C)C. The molecule has 0 atom stereocenters. The Morgan fingerprint density at radius 1 is 0.458 bits per heavy atom. The van der Waals surface area contributed by atoms with E-state index >= 15 is 0 Å². The number of ether oxygens (including phenoxy) is 3. The largest absolute Gasteiger partial charge is 0.460 e. The topological polar surface area (TPSA) is 120 Å². The lowest BCUT2D eigenvalue weighted by atomic mass is 9.83. The predicted molar refractivity (Wildman–Crippen MR) is 195 cm³/mol. The predicted octanol–water partition coefficient (Wildman–Crippen LogP) is 9.87. The molecule has 282 valence electrons. The third-order valence-corrected chi connectivity index (χ3v) is 7.88. The molecule has 0 unspecified atom stereocenters. The first-order chi connectivity index (χ1) is 22.3. The van der Waals surface area contributed by atoms with E-state index in [9.17, 15) is 19.2 Å². The van der Waals surface area contributed by atoms with Crippen LogP contribution >= 0.6 is 0 Å². The smallest absolute Gasteiger partial charge is 0.315 e. The van der Waals surface area contributed by atoms with Gasteiger partial charge in [-0.15, -0.1) is 0 Å². The molecule has 0 fully saturated rings. The highest BCUT2D eigenvalue weighted by atomic mass is 16.6. The summed E-state index contributed by atoms with van der Waals surface area (Å²) in [5.41, 5.74) is -3.02. The van der Waals surface area contributed by atoms with Gasteiger partial charge < -0.3 is 24.8 Å². The van der Waals surface area contributed by atoms with Crippen LogP contribution in [0.5, 0.6) is 0 Å². The first-order valence-corrected chi connectivity index (χ1v) is 19.0. The van der Waals surface area contributed by atoms with Gasteiger partial charge in [-0.1, -0.05) is 90.4 Å². The summed E-state index contributed by atoms with van der Waals surface area (Å²) in [4.78, 5) is 51.5. The summed E-state index contributed by atoms with van der Waals surface area (Å²) in [6, 6.07) is -0.387. The van der Waals surface area contributed by atoms with Crippen molar-refractivity contribution in [2.45, 2.75) is 220 Å². The standard InChI is InChI=1S/C39H74N2O7/c1-11-12-13-14-15-16-17-18-19-20-21-22-23-24-31-40-35(45)41-39(28-25-32(42)46-36(2,3)4,29-26-33(43)47-37(5,6)7)30-27-34(44)48-38(8,9)10/h11-31H2,1-10H3,(H2,40,41,45). The van der Waals surface area contributed by atoms with E-state index in [1.54, 1.807) is 62.3 Å². The summed E-state index contributed by atoms with van der Waals surface area (Å²) in [6.45, 7) is 19.0. The van der Waals surface area contributed by atoms with Gasteiger partial charge in [-0.05, 0) is 88.0 Å². The molecule has 48 heavy (non-hydrogen) atoms. The van der Waals surface area contributed by atoms with Gasteiger partial charge in [0.05, 0.1) is 0 Å². The summed E-state index contributed by atoms with van der Waals surface area (Å²) >= 11 is 0. The maximum absolute atomic E-state index is 13.2. The Kier molecular flexibility index (Phi) is 22.8. The Morgan fingerprint density at radius 2 is 0.750 bits per heavy atom. The van der Waals surface area contributed by atoms with Gasteiger partial charge in [0, 0.05) is 31.3 Å². The molecule has 2 N–H and O–H groups in total. The van der Waals surface area contributed by atoms with Crippen molar-refractivity contribution in [1.82, 2.24) is 10.6 Å². The zero-order valence-electron chi connectivity index (χ0n) is 32.7. The Bertz CT molecular complexity index is 834. The number of carbonyl (C=O) groups excluding carboxylic acids is 4. The minimum absolute atomic E-state index is 0.0130. The fraction of sp³-hybridized carbons (Fsp3) is 0.897. The summed E-state index contributed by atoms with van der Waals surface area (Å²) in [5.74, 6) is -1.23. The quantitative estimate of drug-likeness (QED) is 0.0559. The normalized spacial score (nSPS) is 12.4. The van der Waals surface area contributed by atoms with E-state index in [-0.39, 0.29) is 44.6 Å². The number of amides is 2. The summed E-state index contributed by atoms with van der Waals surface area (Å²) in [7, 11) is 0. The lowest BCUT2D eigenvalue weighted by molar-refractivity contribution is -0.155. The molecule has 0 aliphatic rings. The molecule has 0 spiro atoms. The lowest BCUT2D eigenvalue weighted by Gasteiger charge is -2.35. The molecule has 0 saturated carbocycles. The van der Waals surface area contributed by atoms with Crippen molar-refractivity contribution in [3.05, 3.63) is 0 Å². The van der Waals surface area contributed by atoms with Crippen LogP contribution in [0, 0.1) is 0 Å². The second-order valence-electron chi connectivity index (χ2n) is 16.5. The average molecular weight is 683 g/mol. The van der Waals surface area contributed by atoms with Gasteiger partial charge in [0.1, 0.15) is 16.8 Å². The van der Waals surface area contributed by atoms with Crippen molar-refractivity contribution in [1.29, 1.82) is 0 Å². The van der Waals surface area contributed by atoms with Crippen LogP contribution in [0.2, 0.25) is 0 Å². The van der Waals surface area contributed by atoms with Gasteiger partial charge in [-0.2, -0.15) is 0 Å². The number of unbranched alkanes of at least 4 members (excludes halogenated alkanes) is 13. The van der Waals surface area contributed by atoms with Crippen LogP contribution in [0.3, 0.4) is 0 Å². The molecule has 0 rings (SSSR count). The second-order valence-corrected chi connectivity index (χ2v) is 16.5. The van der Waals surface area contributed by atoms with Gasteiger partial charge in [-0.3, -0.25) is 14.4 Å². The number of nitrogens with one attached hydrogen (secondary N) is 2. The average Bonchev–Trinajstić information content (AvgIpc) is 2.93. The van der Waals surface area contributed by atoms with Crippen LogP contribution in [0.25, 0.3) is 0 Å². The lowest BCUT2D eigenvalue weighted by Crippen LogP contribution is -2.53. The Balaban J connectivity index is 5.15. The van der Waals surface area contributed by atoms with Crippen molar-refractivity contribution in [3.63, 3.8) is 0 Å². The zero-order valence-corrected chi connectivity index (χ0v) is 32.7. The first kappa shape index (κ1) is 45.7. The van der Waals surface area contributed by atoms with Gasteiger partial charge in [0.2, 0.25) is 0 Å². The number of hydrogen-bond acceptors (Lipinski definition) is 7. The van der Waals surface area contributed by atoms with Gasteiger partial charge in [0.15, 0.2) is 0 Å². The Morgan fingerprint density at radius 3 is 1.04 bits per heavy atom. The van der Waals surface area contributed by atoms with E-state index in [1.807, 2.05) is 0 Å². The van der Waals surface area contributed by atoms with Crippen LogP contribution in [0.4, 0.5) is 4.79 Å². The van der Waals surface area contributed by atoms with Gasteiger partial charge >= 0.3 is 23.9 Å². The highest BCUT2D eigenvalue weighted by molar-refractivity contribution is 5.76. The second kappa shape index (κ2) is 23.9. The van der Waals surface area contributed by atoms with E-state index in [4.69, 9.17) is 14.2 Å². The van der Waals surface area contributed by atoms with Crippen molar-refractivity contribution >= 4 is 23.9 Å². The Labute approximate surface area is 294 Å². The molecule has 0 heterocycles. The zero-order chi connectivity index (χ0) is 36.7. The van der Waals surface area contributed by atoms with Crippen molar-refractivity contribution in [2.24, 2.45) is 0 Å². The van der Waals surface area contributed by atoms with Crippen LogP contribution in [-0.2, 0) is 28.6 Å². The molecule has 0 saturated heterocycles. The van der Waals surface area contributed by atoms with Crippen LogP contribution in [0.15, 0.2) is 0 Å². The molecule has 9 nitrogen and oxygen atoms in total. The molecular formula is C39H74N2O7. The number of hydrogen-bond donors (Lipinski definition) is 2. The third-order valence-electron chi connectivity index (χ3n) is 7.88. The fourth-order valence-corrected chi connectivity index (χ4v) is 5.57. The van der Waals surface area contributed by atoms with Crippen molar-refractivity contribution in [3.8, 4) is 0 Å². The Hall–Kier alpha value is -2.32. The van der Waals surface area contributed by atoms with Crippen molar-refractivity contribution in [2.75, 3.05) is 6.54 Å². The van der Waals surface area contributed by atoms with E-state index in [0.29, 0.717) is 6.54 Å². The number of esters is 3. The van der Waals surface area contributed by atoms with Crippen molar-refractivity contribution < 1.29 is 33.4 Å². The molecule has 2 amide bonds. The number of rotatable bonds is 25. The monoisotopic (exact) mass is 683 g/mol. The highest BCUT2D eigenvalue weighted by Gasteiger charge is 2.35. The molecule has 0 aliphatic carbocycles. The first-order valence-electron chi connectivity index (χ1n) is 19.0. The maximum atomic E-state index is 13.2. The summed E-state index contributed by atoms with van der Waals surface area (Å²) < 4.78 is 16.6. The third kappa shape index (κ3) is 28.7. The van der Waals surface area contributed by atoms with Crippen LogP contribution < -0.4 is 10.6 Å². The van der Waals surface area contributed by atoms with E-state index in [0.717, 1.165) is 19.3 Å². The number of urea groups is 1. The van der Waals surface area contributed by atoms with E-state index in [2.05, 4.69) is 17.6 Å². The van der Waals surface area contributed by atoms with Crippen LogP contribution in [-0.4, -0.2) is 52.8 Å². The van der Waals surface area contributed by atoms with Gasteiger partial charge in [-0.25, -0.2) is 4.79 Å². The summed E-state index contributed by atoms with van der Waals surface area (Å²) in [5, 5.41) is 6.02. The highest BCUT2D eigenvalue weighted by Crippen LogP contribution is 2.28. The van der Waals surface area contributed by atoms with E-state index < -0.39 is 40.2 Å². The van der Waals surface area contributed by atoms with Crippen LogP contribution in [0.1, 0.15) is 198 Å². The molecule has 9 heteroatoms. The molecule has 0 aromatic carbocycles. The minimum atomic E-state index is -1.04. The molecular weight excluding hydrogens is 608 g/mol. The molecule has 0 aliphatic heterocycles. The number of carbonyl (C=O) groups is 4. The molecule has 0 bridgehead atoms. The summed E-state index contributed by atoms with van der Waals surface area (Å²) in [6.07, 6.45) is 18.3. The van der Waals surface area contributed by atoms with E-state index in [1.165, 1.54) is 70.6 Å².